The number of anilines is 3. The standard InChI is InChI=1S/C23H28N6O/c1-16(30)21-15-29(19-4-2-3-5-19)22-20(21)14-25-23(27-22)26-17-6-8-18(9-7-17)28-12-10-24-11-13-28/h6-9,14-15,19,24H,2-5,10-13H2,1H3,(H,25,26,27). The van der Waals surface area contributed by atoms with Gasteiger partial charge in [0.05, 0.1) is 0 Å². The lowest BCUT2D eigenvalue weighted by molar-refractivity contribution is 0.101. The third kappa shape index (κ3) is 3.65. The van der Waals surface area contributed by atoms with Crippen molar-refractivity contribution in [3.8, 4) is 0 Å². The molecule has 3 aromatic rings. The number of hydrogen-bond donors (Lipinski definition) is 2. The molecule has 1 saturated heterocycles. The summed E-state index contributed by atoms with van der Waals surface area (Å²) in [6.07, 6.45) is 8.50. The summed E-state index contributed by atoms with van der Waals surface area (Å²) in [5.74, 6) is 0.620. The third-order valence-corrected chi connectivity index (χ3v) is 6.27. The van der Waals surface area contributed by atoms with Crippen LogP contribution < -0.4 is 15.5 Å². The molecule has 156 valence electrons. The molecule has 7 nitrogen and oxygen atoms in total. The molecule has 30 heavy (non-hydrogen) atoms. The van der Waals surface area contributed by atoms with Crippen LogP contribution in [-0.2, 0) is 0 Å². The predicted molar refractivity (Wildman–Crippen MR) is 120 cm³/mol. The van der Waals surface area contributed by atoms with Crippen LogP contribution in [0.3, 0.4) is 0 Å². The van der Waals surface area contributed by atoms with Gasteiger partial charge < -0.3 is 20.1 Å². The van der Waals surface area contributed by atoms with Crippen molar-refractivity contribution in [3.05, 3.63) is 42.2 Å². The number of fused-ring (bicyclic) bond motifs is 1. The zero-order valence-electron chi connectivity index (χ0n) is 17.4. The van der Waals surface area contributed by atoms with Crippen molar-refractivity contribution in [2.45, 2.75) is 38.6 Å². The molecule has 1 saturated carbocycles. The normalized spacial score (nSPS) is 17.6. The quantitative estimate of drug-likeness (QED) is 0.628. The fourth-order valence-corrected chi connectivity index (χ4v) is 4.64. The van der Waals surface area contributed by atoms with Crippen LogP contribution in [-0.4, -0.2) is 46.5 Å². The van der Waals surface area contributed by atoms with E-state index in [9.17, 15) is 4.79 Å². The molecule has 0 atom stereocenters. The summed E-state index contributed by atoms with van der Waals surface area (Å²) in [6.45, 7) is 5.72. The van der Waals surface area contributed by atoms with Gasteiger partial charge in [0.25, 0.3) is 0 Å². The molecule has 2 aromatic heterocycles. The SMILES string of the molecule is CC(=O)c1cn(C2CCCC2)c2nc(Nc3ccc(N4CCNCC4)cc3)ncc12. The number of rotatable bonds is 5. The monoisotopic (exact) mass is 404 g/mol. The fraction of sp³-hybridized carbons (Fsp3) is 0.435. The van der Waals surface area contributed by atoms with Crippen molar-refractivity contribution in [2.24, 2.45) is 0 Å². The second kappa shape index (κ2) is 8.07. The third-order valence-electron chi connectivity index (χ3n) is 6.27. The van der Waals surface area contributed by atoms with Crippen LogP contribution in [0.4, 0.5) is 17.3 Å². The summed E-state index contributed by atoms with van der Waals surface area (Å²) in [6, 6.07) is 8.84. The van der Waals surface area contributed by atoms with Gasteiger partial charge in [0.2, 0.25) is 5.95 Å². The first-order valence-corrected chi connectivity index (χ1v) is 10.9. The van der Waals surface area contributed by atoms with Gasteiger partial charge in [-0.2, -0.15) is 4.98 Å². The van der Waals surface area contributed by atoms with Crippen molar-refractivity contribution in [2.75, 3.05) is 36.4 Å². The maximum Gasteiger partial charge on any atom is 0.229 e. The Morgan fingerprint density at radius 2 is 1.87 bits per heavy atom. The molecule has 5 rings (SSSR count). The highest BCUT2D eigenvalue weighted by Crippen LogP contribution is 2.34. The number of Topliss-reactive ketones (excluding diaryl/α,β-unsaturated/α-hetero) is 1. The topological polar surface area (TPSA) is 75.1 Å². The highest BCUT2D eigenvalue weighted by Gasteiger charge is 2.23. The number of benzene rings is 1. The van der Waals surface area contributed by atoms with Crippen molar-refractivity contribution in [3.63, 3.8) is 0 Å². The van der Waals surface area contributed by atoms with E-state index in [-0.39, 0.29) is 5.78 Å². The number of nitrogens with zero attached hydrogens (tertiary/aromatic N) is 4. The van der Waals surface area contributed by atoms with E-state index < -0.39 is 0 Å². The van der Waals surface area contributed by atoms with Crippen molar-refractivity contribution >= 4 is 34.1 Å². The number of nitrogens with one attached hydrogen (secondary N) is 2. The summed E-state index contributed by atoms with van der Waals surface area (Å²) in [4.78, 5) is 23.8. The first-order chi connectivity index (χ1) is 14.7. The van der Waals surface area contributed by atoms with Gasteiger partial charge in [-0.15, -0.1) is 0 Å². The van der Waals surface area contributed by atoms with E-state index in [0.29, 0.717) is 17.6 Å². The van der Waals surface area contributed by atoms with Crippen LogP contribution >= 0.6 is 0 Å². The van der Waals surface area contributed by atoms with E-state index in [1.54, 1.807) is 13.1 Å². The molecule has 1 aromatic carbocycles. The van der Waals surface area contributed by atoms with Crippen LogP contribution in [0.25, 0.3) is 11.0 Å². The maximum absolute atomic E-state index is 12.1. The average Bonchev–Trinajstić information content (AvgIpc) is 3.42. The second-order valence-corrected chi connectivity index (χ2v) is 8.28. The molecule has 7 heteroatoms. The largest absolute Gasteiger partial charge is 0.369 e. The first kappa shape index (κ1) is 19.1. The van der Waals surface area contributed by atoms with Gasteiger partial charge in [-0.25, -0.2) is 4.98 Å². The van der Waals surface area contributed by atoms with E-state index in [4.69, 9.17) is 4.98 Å². The van der Waals surface area contributed by atoms with Crippen LogP contribution in [0.2, 0.25) is 0 Å². The summed E-state index contributed by atoms with van der Waals surface area (Å²) in [5, 5.41) is 7.56. The lowest BCUT2D eigenvalue weighted by atomic mass is 10.2. The molecule has 0 unspecified atom stereocenters. The Hall–Kier alpha value is -2.93. The summed E-state index contributed by atoms with van der Waals surface area (Å²) < 4.78 is 2.19. The molecule has 0 radical (unpaired) electrons. The van der Waals surface area contributed by atoms with E-state index >= 15 is 0 Å². The average molecular weight is 405 g/mol. The van der Waals surface area contributed by atoms with E-state index in [1.807, 2.05) is 6.20 Å². The minimum atomic E-state index is 0.0598. The van der Waals surface area contributed by atoms with Gasteiger partial charge in [-0.1, -0.05) is 12.8 Å². The number of ketones is 1. The van der Waals surface area contributed by atoms with Gasteiger partial charge in [0.15, 0.2) is 5.78 Å². The van der Waals surface area contributed by atoms with Gasteiger partial charge in [0.1, 0.15) is 5.65 Å². The van der Waals surface area contributed by atoms with Crippen LogP contribution in [0.5, 0.6) is 0 Å². The van der Waals surface area contributed by atoms with Crippen molar-refractivity contribution in [1.29, 1.82) is 0 Å². The number of aromatic nitrogens is 3. The molecular formula is C23H28N6O. The Kier molecular flexibility index (Phi) is 5.12. The highest BCUT2D eigenvalue weighted by molar-refractivity contribution is 6.06. The van der Waals surface area contributed by atoms with Crippen LogP contribution in [0.1, 0.15) is 49.0 Å². The summed E-state index contributed by atoms with van der Waals surface area (Å²) in [5.41, 5.74) is 3.75. The Morgan fingerprint density at radius 3 is 2.57 bits per heavy atom. The smallest absolute Gasteiger partial charge is 0.229 e. The molecule has 0 amide bonds. The Morgan fingerprint density at radius 1 is 1.13 bits per heavy atom. The van der Waals surface area contributed by atoms with Crippen molar-refractivity contribution < 1.29 is 4.79 Å². The molecule has 0 bridgehead atoms. The number of piperazine rings is 1. The molecule has 2 fully saturated rings. The molecule has 1 aliphatic carbocycles. The number of carbonyl (C=O) groups is 1. The summed E-state index contributed by atoms with van der Waals surface area (Å²) in [7, 11) is 0. The molecule has 0 spiro atoms. The minimum Gasteiger partial charge on any atom is -0.369 e. The molecule has 3 heterocycles. The Bertz CT molecular complexity index is 1050. The van der Waals surface area contributed by atoms with Gasteiger partial charge in [-0.3, -0.25) is 4.79 Å². The zero-order valence-corrected chi connectivity index (χ0v) is 17.4. The lowest BCUT2D eigenvalue weighted by Gasteiger charge is -2.29. The van der Waals surface area contributed by atoms with E-state index in [1.165, 1.54) is 18.5 Å². The lowest BCUT2D eigenvalue weighted by Crippen LogP contribution is -2.43. The molecule has 1 aliphatic heterocycles. The predicted octanol–water partition coefficient (Wildman–Crippen LogP) is 3.90. The Balaban J connectivity index is 1.41. The van der Waals surface area contributed by atoms with E-state index in [2.05, 4.69) is 49.4 Å². The number of hydrogen-bond acceptors (Lipinski definition) is 6. The Labute approximate surface area is 176 Å². The van der Waals surface area contributed by atoms with E-state index in [0.717, 1.165) is 55.7 Å². The van der Waals surface area contributed by atoms with Gasteiger partial charge in [-0.05, 0) is 44.0 Å². The second-order valence-electron chi connectivity index (χ2n) is 8.28. The molecule has 2 N–H and O–H groups in total. The first-order valence-electron chi connectivity index (χ1n) is 10.9. The minimum absolute atomic E-state index is 0.0598. The number of carbonyl (C=O) groups excluding carboxylic acids is 1. The van der Waals surface area contributed by atoms with Gasteiger partial charge in [0, 0.05) is 66.9 Å². The van der Waals surface area contributed by atoms with Gasteiger partial charge >= 0.3 is 0 Å². The highest BCUT2D eigenvalue weighted by atomic mass is 16.1. The van der Waals surface area contributed by atoms with Crippen molar-refractivity contribution in [1.82, 2.24) is 19.9 Å². The zero-order chi connectivity index (χ0) is 20.5. The fourth-order valence-electron chi connectivity index (χ4n) is 4.64. The molecular weight excluding hydrogens is 376 g/mol. The van der Waals surface area contributed by atoms with Crippen LogP contribution in [0.15, 0.2) is 36.7 Å². The van der Waals surface area contributed by atoms with Crippen LogP contribution in [0, 0.1) is 0 Å². The molecule has 2 aliphatic rings. The summed E-state index contributed by atoms with van der Waals surface area (Å²) >= 11 is 0. The maximum atomic E-state index is 12.1.